The second-order valence-corrected chi connectivity index (χ2v) is 6.68. The van der Waals surface area contributed by atoms with Gasteiger partial charge in [0, 0.05) is 21.8 Å². The third-order valence-electron chi connectivity index (χ3n) is 3.93. The number of benzene rings is 3. The van der Waals surface area contributed by atoms with Crippen molar-refractivity contribution in [2.75, 3.05) is 0 Å². The number of aliphatic imine (C=N–C) groups is 1. The summed E-state index contributed by atoms with van der Waals surface area (Å²) in [7, 11) is 0. The van der Waals surface area contributed by atoms with Gasteiger partial charge in [0.05, 0.1) is 5.69 Å². The number of fused-ring (bicyclic) bond motifs is 1. The lowest BCUT2D eigenvalue weighted by Crippen LogP contribution is -1.77. The Labute approximate surface area is 166 Å². The predicted octanol–water partition coefficient (Wildman–Crippen LogP) is 7.22. The normalized spacial score (nSPS) is 11.8. The van der Waals surface area contributed by atoms with Gasteiger partial charge in [0.1, 0.15) is 5.52 Å². The summed E-state index contributed by atoms with van der Waals surface area (Å²) in [4.78, 5) is 8.98. The molecule has 3 aromatic carbocycles. The Morgan fingerprint density at radius 1 is 0.926 bits per heavy atom. The number of nitrogens with zero attached hydrogens (tertiary/aromatic N) is 2. The number of hydrogen-bond donors (Lipinski definition) is 0. The molecule has 27 heavy (non-hydrogen) atoms. The minimum absolute atomic E-state index is 0.580. The molecule has 4 rings (SSSR count). The third-order valence-corrected chi connectivity index (χ3v) is 4.50. The highest BCUT2D eigenvalue weighted by Crippen LogP contribution is 2.27. The van der Waals surface area contributed by atoms with E-state index in [0.29, 0.717) is 15.9 Å². The molecule has 132 valence electrons. The Kier molecular flexibility index (Phi) is 5.05. The van der Waals surface area contributed by atoms with E-state index in [9.17, 15) is 0 Å². The fourth-order valence-electron chi connectivity index (χ4n) is 2.63. The van der Waals surface area contributed by atoms with Gasteiger partial charge in [-0.05, 0) is 54.1 Å². The minimum atomic E-state index is 0.580. The largest absolute Gasteiger partial charge is 0.436 e. The summed E-state index contributed by atoms with van der Waals surface area (Å²) in [6.07, 6.45) is 5.43. The zero-order valence-corrected chi connectivity index (χ0v) is 15.7. The molecular formula is C22H14Cl2N2O. The van der Waals surface area contributed by atoms with E-state index < -0.39 is 0 Å². The molecule has 0 N–H and O–H groups in total. The van der Waals surface area contributed by atoms with Crippen LogP contribution >= 0.6 is 23.2 Å². The average Bonchev–Trinajstić information content (AvgIpc) is 3.11. The van der Waals surface area contributed by atoms with Gasteiger partial charge in [0.2, 0.25) is 5.89 Å². The molecule has 0 aliphatic rings. The van der Waals surface area contributed by atoms with E-state index in [1.165, 1.54) is 0 Å². The maximum Gasteiger partial charge on any atom is 0.227 e. The maximum atomic E-state index is 6.15. The molecule has 0 aliphatic carbocycles. The molecular weight excluding hydrogens is 379 g/mol. The number of rotatable bonds is 4. The summed E-state index contributed by atoms with van der Waals surface area (Å²) >= 11 is 12.1. The smallest absolute Gasteiger partial charge is 0.227 e. The first-order chi connectivity index (χ1) is 13.2. The highest BCUT2D eigenvalue weighted by molar-refractivity contribution is 6.35. The fourth-order valence-corrected chi connectivity index (χ4v) is 3.10. The number of oxazole rings is 1. The molecule has 0 saturated heterocycles. The van der Waals surface area contributed by atoms with E-state index in [0.717, 1.165) is 27.9 Å². The van der Waals surface area contributed by atoms with Gasteiger partial charge in [-0.1, -0.05) is 53.5 Å². The average molecular weight is 393 g/mol. The van der Waals surface area contributed by atoms with Crippen molar-refractivity contribution in [3.05, 3.63) is 88.4 Å². The van der Waals surface area contributed by atoms with Crippen LogP contribution in [0.25, 0.3) is 28.6 Å². The molecule has 1 heterocycles. The van der Waals surface area contributed by atoms with Crippen LogP contribution in [0.2, 0.25) is 10.0 Å². The Hall–Kier alpha value is -2.88. The molecule has 0 bridgehead atoms. The summed E-state index contributed by atoms with van der Waals surface area (Å²) in [5, 5.41) is 1.21. The van der Waals surface area contributed by atoms with Gasteiger partial charge in [-0.25, -0.2) is 4.98 Å². The Bertz CT molecular complexity index is 1130. The van der Waals surface area contributed by atoms with Crippen LogP contribution in [-0.2, 0) is 0 Å². The third kappa shape index (κ3) is 4.11. The van der Waals surface area contributed by atoms with Crippen LogP contribution in [0.3, 0.4) is 0 Å². The van der Waals surface area contributed by atoms with E-state index in [1.54, 1.807) is 18.3 Å². The zero-order valence-electron chi connectivity index (χ0n) is 14.1. The monoisotopic (exact) mass is 392 g/mol. The Morgan fingerprint density at radius 3 is 2.67 bits per heavy atom. The van der Waals surface area contributed by atoms with Crippen LogP contribution in [-0.4, -0.2) is 11.2 Å². The van der Waals surface area contributed by atoms with Gasteiger partial charge in [0.25, 0.3) is 0 Å². The predicted molar refractivity (Wildman–Crippen MR) is 113 cm³/mol. The van der Waals surface area contributed by atoms with Crippen LogP contribution in [0.4, 0.5) is 5.69 Å². The molecule has 5 heteroatoms. The van der Waals surface area contributed by atoms with Crippen LogP contribution in [0, 0.1) is 0 Å². The Morgan fingerprint density at radius 2 is 1.81 bits per heavy atom. The number of halogens is 2. The van der Waals surface area contributed by atoms with Gasteiger partial charge < -0.3 is 4.42 Å². The standard InChI is InChI=1S/C22H14Cl2N2O/c23-17-11-10-15(19(24)14-17)6-4-12-25-18-7-3-5-16(13-18)22-26-20-8-1-2-9-21(20)27-22/h1-14H/b6-4+,25-12?. The van der Waals surface area contributed by atoms with Gasteiger partial charge in [0.15, 0.2) is 5.58 Å². The molecule has 0 atom stereocenters. The second-order valence-electron chi connectivity index (χ2n) is 5.84. The van der Waals surface area contributed by atoms with Gasteiger partial charge in [-0.2, -0.15) is 0 Å². The van der Waals surface area contributed by atoms with E-state index in [-0.39, 0.29) is 0 Å². The first-order valence-electron chi connectivity index (χ1n) is 8.31. The summed E-state index contributed by atoms with van der Waals surface area (Å²) in [5.74, 6) is 0.580. The molecule has 0 amide bonds. The van der Waals surface area contributed by atoms with E-state index >= 15 is 0 Å². The van der Waals surface area contributed by atoms with Gasteiger partial charge in [-0.15, -0.1) is 0 Å². The number of allylic oxidation sites excluding steroid dienone is 1. The lowest BCUT2D eigenvalue weighted by atomic mass is 10.2. The van der Waals surface area contributed by atoms with Crippen LogP contribution in [0.15, 0.2) is 82.2 Å². The van der Waals surface area contributed by atoms with Crippen LogP contribution < -0.4 is 0 Å². The second kappa shape index (κ2) is 7.78. The van der Waals surface area contributed by atoms with Crippen molar-refractivity contribution in [3.63, 3.8) is 0 Å². The van der Waals surface area contributed by atoms with Gasteiger partial charge in [-0.3, -0.25) is 4.99 Å². The van der Waals surface area contributed by atoms with Crippen molar-refractivity contribution in [1.82, 2.24) is 4.98 Å². The fraction of sp³-hybridized carbons (Fsp3) is 0. The maximum absolute atomic E-state index is 6.15. The van der Waals surface area contributed by atoms with Crippen molar-refractivity contribution >= 4 is 52.3 Å². The van der Waals surface area contributed by atoms with Gasteiger partial charge >= 0.3 is 0 Å². The molecule has 1 aromatic heterocycles. The van der Waals surface area contributed by atoms with E-state index in [1.807, 2.05) is 66.7 Å². The van der Waals surface area contributed by atoms with Crippen molar-refractivity contribution in [2.45, 2.75) is 0 Å². The molecule has 0 spiro atoms. The van der Waals surface area contributed by atoms with Crippen LogP contribution in [0.5, 0.6) is 0 Å². The lowest BCUT2D eigenvalue weighted by Gasteiger charge is -1.98. The first-order valence-corrected chi connectivity index (χ1v) is 9.06. The minimum Gasteiger partial charge on any atom is -0.436 e. The van der Waals surface area contributed by atoms with Crippen molar-refractivity contribution in [2.24, 2.45) is 4.99 Å². The van der Waals surface area contributed by atoms with Crippen molar-refractivity contribution in [3.8, 4) is 11.5 Å². The van der Waals surface area contributed by atoms with E-state index in [2.05, 4.69) is 9.98 Å². The SMILES string of the molecule is Clc1ccc(/C=C/C=Nc2cccc(-c3nc4ccccc4o3)c2)c(Cl)c1. The lowest BCUT2D eigenvalue weighted by molar-refractivity contribution is 0.620. The number of para-hydroxylation sites is 2. The molecule has 0 radical (unpaired) electrons. The number of hydrogen-bond acceptors (Lipinski definition) is 3. The zero-order chi connectivity index (χ0) is 18.6. The van der Waals surface area contributed by atoms with E-state index in [4.69, 9.17) is 27.6 Å². The molecule has 0 fully saturated rings. The van der Waals surface area contributed by atoms with Crippen molar-refractivity contribution in [1.29, 1.82) is 0 Å². The molecule has 0 saturated carbocycles. The molecule has 4 aromatic rings. The quantitative estimate of drug-likeness (QED) is 0.343. The molecule has 0 aliphatic heterocycles. The Balaban J connectivity index is 1.53. The van der Waals surface area contributed by atoms with Crippen molar-refractivity contribution < 1.29 is 4.42 Å². The summed E-state index contributed by atoms with van der Waals surface area (Å²) in [6, 6.07) is 20.8. The summed E-state index contributed by atoms with van der Waals surface area (Å²) in [6.45, 7) is 0. The topological polar surface area (TPSA) is 38.4 Å². The highest BCUT2D eigenvalue weighted by atomic mass is 35.5. The molecule has 3 nitrogen and oxygen atoms in total. The van der Waals surface area contributed by atoms with Crippen LogP contribution in [0.1, 0.15) is 5.56 Å². The molecule has 0 unspecified atom stereocenters. The first kappa shape index (κ1) is 17.5. The summed E-state index contributed by atoms with van der Waals surface area (Å²) in [5.41, 5.74) is 4.17. The highest BCUT2D eigenvalue weighted by Gasteiger charge is 2.07. The number of aromatic nitrogens is 1. The summed E-state index contributed by atoms with van der Waals surface area (Å²) < 4.78 is 5.81.